The van der Waals surface area contributed by atoms with Gasteiger partial charge < -0.3 is 9.47 Å². The molecule has 0 atom stereocenters. The summed E-state index contributed by atoms with van der Waals surface area (Å²) in [6, 6.07) is 6.16. The van der Waals surface area contributed by atoms with Gasteiger partial charge >= 0.3 is 0 Å². The maximum atomic E-state index is 5.99. The Morgan fingerprint density at radius 3 is 2.83 bits per heavy atom. The maximum absolute atomic E-state index is 5.99. The molecule has 0 saturated heterocycles. The normalized spacial score (nSPS) is 10.7. The first kappa shape index (κ1) is 13.4. The van der Waals surface area contributed by atoms with Gasteiger partial charge in [0.25, 0.3) is 0 Å². The van der Waals surface area contributed by atoms with E-state index in [4.69, 9.17) is 11.6 Å². The summed E-state index contributed by atoms with van der Waals surface area (Å²) in [6.45, 7) is 0.759. The van der Waals surface area contributed by atoms with Crippen molar-refractivity contribution in [1.82, 2.24) is 9.55 Å². The number of hydrogen-bond acceptors (Lipinski definition) is 2. The van der Waals surface area contributed by atoms with Crippen molar-refractivity contribution in [3.8, 4) is 0 Å². The largest absolute Gasteiger partial charge is 0.367 e. The first-order valence-electron chi connectivity index (χ1n) is 5.63. The third kappa shape index (κ3) is 2.87. The second-order valence-corrected chi connectivity index (χ2v) is 5.40. The number of hydrogen-bond donors (Lipinski definition) is 0. The van der Waals surface area contributed by atoms with E-state index in [0.29, 0.717) is 5.88 Å². The summed E-state index contributed by atoms with van der Waals surface area (Å²) in [7, 11) is 4.05. The zero-order chi connectivity index (χ0) is 13.1. The van der Waals surface area contributed by atoms with E-state index in [1.54, 1.807) is 0 Å². The van der Waals surface area contributed by atoms with Crippen molar-refractivity contribution in [2.24, 2.45) is 7.05 Å². The number of rotatable bonds is 4. The molecule has 3 nitrogen and oxygen atoms in total. The van der Waals surface area contributed by atoms with Gasteiger partial charge in [0.05, 0.1) is 6.54 Å². The van der Waals surface area contributed by atoms with Gasteiger partial charge in [-0.15, -0.1) is 11.6 Å². The molecule has 18 heavy (non-hydrogen) atoms. The predicted octanol–water partition coefficient (Wildman–Crippen LogP) is 3.56. The van der Waals surface area contributed by atoms with E-state index in [-0.39, 0.29) is 0 Å². The molecular weight excluding hydrogens is 314 g/mol. The predicted molar refractivity (Wildman–Crippen MR) is 79.0 cm³/mol. The van der Waals surface area contributed by atoms with Crippen molar-refractivity contribution in [1.29, 1.82) is 0 Å². The van der Waals surface area contributed by atoms with Crippen molar-refractivity contribution in [2.75, 3.05) is 11.9 Å². The molecule has 1 aromatic heterocycles. The topological polar surface area (TPSA) is 21.1 Å². The Morgan fingerprint density at radius 2 is 2.22 bits per heavy atom. The van der Waals surface area contributed by atoms with Crippen molar-refractivity contribution >= 4 is 33.2 Å². The molecule has 0 aliphatic rings. The average molecular weight is 329 g/mol. The number of aryl methyl sites for hydroxylation is 1. The molecule has 2 aromatic rings. The molecule has 1 heterocycles. The summed E-state index contributed by atoms with van der Waals surface area (Å²) in [6.07, 6.45) is 3.76. The van der Waals surface area contributed by atoms with Crippen LogP contribution in [0.25, 0.3) is 0 Å². The van der Waals surface area contributed by atoms with Crippen LogP contribution in [-0.2, 0) is 19.5 Å². The lowest BCUT2D eigenvalue weighted by molar-refractivity contribution is 0.760. The molecule has 0 unspecified atom stereocenters. The van der Waals surface area contributed by atoms with Crippen LogP contribution < -0.4 is 4.90 Å². The van der Waals surface area contributed by atoms with E-state index in [2.05, 4.69) is 37.9 Å². The first-order valence-corrected chi connectivity index (χ1v) is 6.96. The lowest BCUT2D eigenvalue weighted by atomic mass is 10.2. The average Bonchev–Trinajstić information content (AvgIpc) is 2.74. The van der Waals surface area contributed by atoms with Gasteiger partial charge in [-0.1, -0.05) is 15.9 Å². The van der Waals surface area contributed by atoms with Crippen molar-refractivity contribution < 1.29 is 0 Å². The molecule has 0 aliphatic carbocycles. The van der Waals surface area contributed by atoms with Crippen LogP contribution in [0.2, 0.25) is 0 Å². The molecule has 1 aromatic carbocycles. The summed E-state index contributed by atoms with van der Waals surface area (Å²) in [5, 5.41) is 0. The van der Waals surface area contributed by atoms with E-state index in [9.17, 15) is 0 Å². The summed E-state index contributed by atoms with van der Waals surface area (Å²) in [4.78, 5) is 6.49. The summed E-state index contributed by atoms with van der Waals surface area (Å²) in [5.41, 5.74) is 2.25. The molecule has 0 amide bonds. The maximum Gasteiger partial charge on any atom is 0.127 e. The van der Waals surface area contributed by atoms with Gasteiger partial charge in [0, 0.05) is 42.5 Å². The molecule has 0 radical (unpaired) electrons. The van der Waals surface area contributed by atoms with Crippen LogP contribution in [0.15, 0.2) is 35.1 Å². The fourth-order valence-electron chi connectivity index (χ4n) is 1.88. The molecule has 0 spiro atoms. The Morgan fingerprint density at radius 1 is 1.44 bits per heavy atom. The van der Waals surface area contributed by atoms with E-state index in [1.807, 2.05) is 37.1 Å². The van der Waals surface area contributed by atoms with Crippen LogP contribution in [0.5, 0.6) is 0 Å². The van der Waals surface area contributed by atoms with Crippen molar-refractivity contribution in [2.45, 2.75) is 12.4 Å². The van der Waals surface area contributed by atoms with Crippen LogP contribution in [0.1, 0.15) is 11.4 Å². The van der Waals surface area contributed by atoms with Crippen LogP contribution in [0.3, 0.4) is 0 Å². The highest BCUT2D eigenvalue weighted by Crippen LogP contribution is 2.26. The summed E-state index contributed by atoms with van der Waals surface area (Å²) < 4.78 is 3.07. The van der Waals surface area contributed by atoms with Gasteiger partial charge in [0.2, 0.25) is 0 Å². The first-order chi connectivity index (χ1) is 8.61. The minimum Gasteiger partial charge on any atom is -0.367 e. The SMILES string of the molecule is CN(Cc1nccn1C)c1ccc(Br)cc1CCl. The fraction of sp³-hybridized carbons (Fsp3) is 0.308. The van der Waals surface area contributed by atoms with Gasteiger partial charge in [-0.25, -0.2) is 4.98 Å². The quantitative estimate of drug-likeness (QED) is 0.800. The number of nitrogens with zero attached hydrogens (tertiary/aromatic N) is 3. The molecule has 0 bridgehead atoms. The minimum atomic E-state index is 0.500. The van der Waals surface area contributed by atoms with Crippen LogP contribution in [-0.4, -0.2) is 16.6 Å². The Bertz CT molecular complexity index is 539. The third-order valence-electron chi connectivity index (χ3n) is 2.90. The monoisotopic (exact) mass is 327 g/mol. The molecule has 5 heteroatoms. The van der Waals surface area contributed by atoms with E-state index >= 15 is 0 Å². The van der Waals surface area contributed by atoms with E-state index in [0.717, 1.165) is 28.1 Å². The zero-order valence-electron chi connectivity index (χ0n) is 10.4. The highest BCUT2D eigenvalue weighted by molar-refractivity contribution is 9.10. The number of alkyl halides is 1. The number of aromatic nitrogens is 2. The van der Waals surface area contributed by atoms with Gasteiger partial charge in [-0.05, 0) is 23.8 Å². The Hall–Kier alpha value is -1.000. The number of halogens is 2. The van der Waals surface area contributed by atoms with Gasteiger partial charge in [-0.2, -0.15) is 0 Å². The molecule has 96 valence electrons. The molecule has 0 fully saturated rings. The molecular formula is C13H15BrClN3. The van der Waals surface area contributed by atoms with Gasteiger partial charge in [0.1, 0.15) is 5.82 Å². The van der Waals surface area contributed by atoms with Crippen LogP contribution in [0.4, 0.5) is 5.69 Å². The second-order valence-electron chi connectivity index (χ2n) is 4.22. The van der Waals surface area contributed by atoms with E-state index in [1.165, 1.54) is 0 Å². The van der Waals surface area contributed by atoms with Crippen molar-refractivity contribution in [3.63, 3.8) is 0 Å². The minimum absolute atomic E-state index is 0.500. The summed E-state index contributed by atoms with van der Waals surface area (Å²) >= 11 is 9.46. The molecule has 0 aliphatic heterocycles. The lowest BCUT2D eigenvalue weighted by Crippen LogP contribution is -2.20. The van der Waals surface area contributed by atoms with Gasteiger partial charge in [0.15, 0.2) is 0 Å². The highest BCUT2D eigenvalue weighted by atomic mass is 79.9. The standard InChI is InChI=1S/C13H15BrClN3/c1-17-6-5-16-13(17)9-18(2)12-4-3-11(14)7-10(12)8-15/h3-7H,8-9H2,1-2H3. The number of anilines is 1. The summed E-state index contributed by atoms with van der Waals surface area (Å²) in [5.74, 6) is 1.53. The Kier molecular flexibility index (Phi) is 4.30. The lowest BCUT2D eigenvalue weighted by Gasteiger charge is -2.21. The molecule has 2 rings (SSSR count). The van der Waals surface area contributed by atoms with Crippen LogP contribution >= 0.6 is 27.5 Å². The number of benzene rings is 1. The second kappa shape index (κ2) is 5.76. The van der Waals surface area contributed by atoms with Gasteiger partial charge in [-0.3, -0.25) is 0 Å². The number of imidazole rings is 1. The van der Waals surface area contributed by atoms with E-state index < -0.39 is 0 Å². The molecule has 0 saturated carbocycles. The highest BCUT2D eigenvalue weighted by Gasteiger charge is 2.10. The third-order valence-corrected chi connectivity index (χ3v) is 3.68. The fourth-order valence-corrected chi connectivity index (χ4v) is 2.50. The smallest absolute Gasteiger partial charge is 0.127 e. The Labute approximate surface area is 121 Å². The molecule has 0 N–H and O–H groups in total. The Balaban J connectivity index is 2.23. The van der Waals surface area contributed by atoms with Crippen LogP contribution in [0, 0.1) is 0 Å². The zero-order valence-corrected chi connectivity index (χ0v) is 12.7. The van der Waals surface area contributed by atoms with Crippen molar-refractivity contribution in [3.05, 3.63) is 46.5 Å².